The van der Waals surface area contributed by atoms with E-state index in [0.717, 1.165) is 23.1 Å². The van der Waals surface area contributed by atoms with Crippen molar-refractivity contribution in [1.82, 2.24) is 19.9 Å². The van der Waals surface area contributed by atoms with E-state index in [-0.39, 0.29) is 17.6 Å². The van der Waals surface area contributed by atoms with Crippen molar-refractivity contribution in [2.24, 2.45) is 13.0 Å². The number of nitrogens with zero attached hydrogens (tertiary/aromatic N) is 2. The van der Waals surface area contributed by atoms with E-state index in [1.807, 2.05) is 30.3 Å². The quantitative estimate of drug-likeness (QED) is 0.559. The molecule has 4 aromatic rings. The molecule has 6 nitrogen and oxygen atoms in total. The number of rotatable bonds is 3. The molecular weight excluding hydrogens is 376 g/mol. The molecule has 3 atom stereocenters. The van der Waals surface area contributed by atoms with E-state index in [1.165, 1.54) is 15.7 Å². The van der Waals surface area contributed by atoms with Gasteiger partial charge in [0.15, 0.2) is 5.65 Å². The molecule has 6 rings (SSSR count). The third kappa shape index (κ3) is 2.53. The first-order valence-electron chi connectivity index (χ1n) is 10.1. The van der Waals surface area contributed by atoms with E-state index in [4.69, 9.17) is 0 Å². The number of carbonyl (C=O) groups excluding carboxylic acids is 1. The molecule has 1 fully saturated rings. The molecule has 2 aromatic carbocycles. The van der Waals surface area contributed by atoms with Crippen molar-refractivity contribution in [2.75, 3.05) is 0 Å². The minimum Gasteiger partial charge on any atom is -0.348 e. The lowest BCUT2D eigenvalue weighted by Gasteiger charge is -2.10. The van der Waals surface area contributed by atoms with Crippen LogP contribution < -0.4 is 11.0 Å². The van der Waals surface area contributed by atoms with Gasteiger partial charge in [0, 0.05) is 36.3 Å². The van der Waals surface area contributed by atoms with Gasteiger partial charge in [0.05, 0.1) is 5.52 Å². The van der Waals surface area contributed by atoms with Gasteiger partial charge >= 0.3 is 5.69 Å². The molecule has 0 spiro atoms. The number of aromatic nitrogens is 3. The lowest BCUT2D eigenvalue weighted by Crippen LogP contribution is -2.28. The predicted octanol–water partition coefficient (Wildman–Crippen LogP) is 3.00. The van der Waals surface area contributed by atoms with Crippen molar-refractivity contribution in [3.63, 3.8) is 0 Å². The van der Waals surface area contributed by atoms with Crippen LogP contribution in [0.15, 0.2) is 65.6 Å². The first kappa shape index (κ1) is 17.2. The molecule has 2 aliphatic carbocycles. The molecule has 30 heavy (non-hydrogen) atoms. The van der Waals surface area contributed by atoms with Gasteiger partial charge in [-0.1, -0.05) is 36.4 Å². The molecule has 148 valence electrons. The van der Waals surface area contributed by atoms with Crippen LogP contribution in [0.1, 0.15) is 27.4 Å². The summed E-state index contributed by atoms with van der Waals surface area (Å²) in [6.07, 6.45) is 2.77. The Morgan fingerprint density at radius 2 is 2.00 bits per heavy atom. The zero-order valence-electron chi connectivity index (χ0n) is 16.4. The Kier molecular flexibility index (Phi) is 3.53. The fraction of sp³-hybridized carbons (Fsp3) is 0.208. The number of imidazole rings is 1. The highest BCUT2D eigenvalue weighted by Gasteiger charge is 2.56. The van der Waals surface area contributed by atoms with Gasteiger partial charge in [-0.3, -0.25) is 14.3 Å². The van der Waals surface area contributed by atoms with Crippen molar-refractivity contribution >= 4 is 17.1 Å². The van der Waals surface area contributed by atoms with Crippen molar-refractivity contribution in [1.29, 1.82) is 0 Å². The Balaban J connectivity index is 1.25. The molecule has 0 unspecified atom stereocenters. The van der Waals surface area contributed by atoms with Crippen LogP contribution in [0, 0.1) is 5.92 Å². The Morgan fingerprint density at radius 3 is 2.90 bits per heavy atom. The SMILES string of the molecule is Cn1c(=O)[nH]c2ncc(-c3cccc(C(=O)N[C@@H]4[C@@H]5Cc6ccccc6[C@H]54)c3)cc21. The van der Waals surface area contributed by atoms with Gasteiger partial charge in [0.25, 0.3) is 5.91 Å². The van der Waals surface area contributed by atoms with Gasteiger partial charge < -0.3 is 5.32 Å². The zero-order valence-corrected chi connectivity index (χ0v) is 16.4. The fourth-order valence-corrected chi connectivity index (χ4v) is 4.88. The summed E-state index contributed by atoms with van der Waals surface area (Å²) < 4.78 is 1.53. The Labute approximate surface area is 172 Å². The average molecular weight is 396 g/mol. The largest absolute Gasteiger partial charge is 0.348 e. The number of fused-ring (bicyclic) bond motifs is 4. The van der Waals surface area contributed by atoms with Crippen molar-refractivity contribution in [3.8, 4) is 11.1 Å². The topological polar surface area (TPSA) is 79.8 Å². The van der Waals surface area contributed by atoms with Crippen LogP contribution in [-0.2, 0) is 13.5 Å². The molecule has 2 heterocycles. The molecule has 2 aliphatic rings. The van der Waals surface area contributed by atoms with Crippen LogP contribution >= 0.6 is 0 Å². The number of benzene rings is 2. The summed E-state index contributed by atoms with van der Waals surface area (Å²) in [4.78, 5) is 31.8. The smallest absolute Gasteiger partial charge is 0.327 e. The zero-order chi connectivity index (χ0) is 20.4. The highest BCUT2D eigenvalue weighted by atomic mass is 16.2. The van der Waals surface area contributed by atoms with E-state index in [9.17, 15) is 9.59 Å². The highest BCUT2D eigenvalue weighted by molar-refractivity contribution is 5.96. The normalized spacial score (nSPS) is 21.3. The maximum Gasteiger partial charge on any atom is 0.327 e. The van der Waals surface area contributed by atoms with Crippen LogP contribution in [0.4, 0.5) is 0 Å². The molecule has 0 aliphatic heterocycles. The number of amides is 1. The lowest BCUT2D eigenvalue weighted by atomic mass is 10.0. The number of hydrogen-bond donors (Lipinski definition) is 2. The van der Waals surface area contributed by atoms with Gasteiger partial charge in [-0.15, -0.1) is 0 Å². The second-order valence-electron chi connectivity index (χ2n) is 8.25. The van der Waals surface area contributed by atoms with Gasteiger partial charge in [-0.05, 0) is 47.2 Å². The van der Waals surface area contributed by atoms with Gasteiger partial charge in [0.1, 0.15) is 0 Å². The van der Waals surface area contributed by atoms with Gasteiger partial charge in [-0.25, -0.2) is 9.78 Å². The maximum atomic E-state index is 12.9. The second-order valence-corrected chi connectivity index (χ2v) is 8.25. The van der Waals surface area contributed by atoms with Crippen LogP contribution in [0.25, 0.3) is 22.3 Å². The summed E-state index contributed by atoms with van der Waals surface area (Å²) in [6, 6.07) is 18.2. The Hall–Kier alpha value is -3.67. The van der Waals surface area contributed by atoms with Crippen LogP contribution in [0.3, 0.4) is 0 Å². The summed E-state index contributed by atoms with van der Waals surface area (Å²) in [7, 11) is 1.71. The van der Waals surface area contributed by atoms with E-state index in [1.54, 1.807) is 13.2 Å². The molecule has 2 N–H and O–H groups in total. The lowest BCUT2D eigenvalue weighted by molar-refractivity contribution is 0.0948. The van der Waals surface area contributed by atoms with Gasteiger partial charge in [-0.2, -0.15) is 0 Å². The fourth-order valence-electron chi connectivity index (χ4n) is 4.88. The van der Waals surface area contributed by atoms with E-state index >= 15 is 0 Å². The molecule has 6 heteroatoms. The molecule has 2 aromatic heterocycles. The third-order valence-electron chi connectivity index (χ3n) is 6.55. The minimum atomic E-state index is -0.195. The van der Waals surface area contributed by atoms with Crippen molar-refractivity contribution < 1.29 is 4.79 Å². The van der Waals surface area contributed by atoms with Crippen molar-refractivity contribution in [3.05, 3.63) is 88.0 Å². The standard InChI is InChI=1S/C24H20N4O2/c1-28-19-11-16(12-25-22(19)27-24(28)30)13-6-4-7-15(9-13)23(29)26-21-18-10-14-5-2-3-8-17(14)20(18)21/h2-9,11-12,18,20-21H,10H2,1H3,(H,26,29)(H,25,27,30)/t18-,20-,21-/m1/s1. The molecular formula is C24H20N4O2. The number of pyridine rings is 1. The van der Waals surface area contributed by atoms with E-state index in [0.29, 0.717) is 23.0 Å². The summed E-state index contributed by atoms with van der Waals surface area (Å²) in [6.45, 7) is 0. The van der Waals surface area contributed by atoms with E-state index in [2.05, 4.69) is 39.6 Å². The average Bonchev–Trinajstić information content (AvgIpc) is 3.14. The maximum absolute atomic E-state index is 12.9. The number of aromatic amines is 1. The van der Waals surface area contributed by atoms with Crippen LogP contribution in [0.2, 0.25) is 0 Å². The molecule has 1 saturated carbocycles. The number of carbonyl (C=O) groups is 1. The van der Waals surface area contributed by atoms with Crippen LogP contribution in [0.5, 0.6) is 0 Å². The molecule has 0 radical (unpaired) electrons. The molecule has 1 amide bonds. The molecule has 0 saturated heterocycles. The summed E-state index contributed by atoms with van der Waals surface area (Å²) in [5, 5.41) is 3.23. The third-order valence-corrected chi connectivity index (χ3v) is 6.55. The summed E-state index contributed by atoms with van der Waals surface area (Å²) >= 11 is 0. The monoisotopic (exact) mass is 396 g/mol. The minimum absolute atomic E-state index is 0.0446. The Bertz CT molecular complexity index is 1380. The molecule has 0 bridgehead atoms. The van der Waals surface area contributed by atoms with Crippen LogP contribution in [-0.4, -0.2) is 26.5 Å². The first-order valence-corrected chi connectivity index (χ1v) is 10.1. The summed E-state index contributed by atoms with van der Waals surface area (Å²) in [5.74, 6) is 0.933. The second kappa shape index (κ2) is 6.16. The first-order chi connectivity index (χ1) is 14.6. The van der Waals surface area contributed by atoms with Crippen molar-refractivity contribution in [2.45, 2.75) is 18.4 Å². The number of nitrogens with one attached hydrogen (secondary N) is 2. The number of hydrogen-bond acceptors (Lipinski definition) is 3. The number of aryl methyl sites for hydroxylation is 1. The highest BCUT2D eigenvalue weighted by Crippen LogP contribution is 2.56. The Morgan fingerprint density at radius 1 is 1.13 bits per heavy atom. The number of H-pyrrole nitrogens is 1. The predicted molar refractivity (Wildman–Crippen MR) is 114 cm³/mol. The summed E-state index contributed by atoms with van der Waals surface area (Å²) in [5.41, 5.74) is 6.29. The van der Waals surface area contributed by atoms with E-state index < -0.39 is 0 Å². The van der Waals surface area contributed by atoms with Gasteiger partial charge in [0.2, 0.25) is 0 Å².